The average Bonchev–Trinajstić information content (AvgIpc) is 2.93. The van der Waals surface area contributed by atoms with Crippen molar-refractivity contribution in [2.45, 2.75) is 18.4 Å². The summed E-state index contributed by atoms with van der Waals surface area (Å²) in [6, 6.07) is 3.91. The Kier molecular flexibility index (Phi) is 3.10. The van der Waals surface area contributed by atoms with E-state index in [-0.39, 0.29) is 17.0 Å². The molecule has 0 spiro atoms. The van der Waals surface area contributed by atoms with Crippen molar-refractivity contribution in [2.75, 3.05) is 0 Å². The van der Waals surface area contributed by atoms with Gasteiger partial charge < -0.3 is 8.94 Å². The number of aromatic nitrogens is 3. The molecule has 3 rings (SSSR count). The predicted octanol–water partition coefficient (Wildman–Crippen LogP) is 1.26. The third-order valence-corrected chi connectivity index (χ3v) is 4.14. The van der Waals surface area contributed by atoms with Crippen molar-refractivity contribution in [3.8, 4) is 0 Å². The summed E-state index contributed by atoms with van der Waals surface area (Å²) < 4.78 is 33.6. The number of benzene rings is 1. The van der Waals surface area contributed by atoms with Crippen molar-refractivity contribution in [3.05, 3.63) is 40.5 Å². The number of halogens is 1. The van der Waals surface area contributed by atoms with Crippen LogP contribution in [0, 0.1) is 6.92 Å². The molecule has 2 aromatic heterocycles. The summed E-state index contributed by atoms with van der Waals surface area (Å²) in [6.07, 6.45) is 0. The molecular weight excluding hydrogens is 322 g/mol. The average molecular weight is 330 g/mol. The number of hydrogen-bond acceptors (Lipinski definition) is 7. The molecule has 0 unspecified atom stereocenters. The van der Waals surface area contributed by atoms with Gasteiger partial charge in [0.05, 0.1) is 17.0 Å². The first-order chi connectivity index (χ1) is 9.84. The van der Waals surface area contributed by atoms with Crippen LogP contribution in [-0.4, -0.2) is 23.1 Å². The molecule has 1 aromatic carbocycles. The van der Waals surface area contributed by atoms with Crippen molar-refractivity contribution in [2.24, 2.45) is 0 Å². The molecule has 0 aliphatic rings. The molecule has 0 fully saturated rings. The van der Waals surface area contributed by atoms with E-state index < -0.39 is 14.8 Å². The zero-order valence-corrected chi connectivity index (χ0v) is 12.2. The number of oxazole rings is 1. The molecule has 2 heterocycles. The molecule has 110 valence electrons. The van der Waals surface area contributed by atoms with E-state index in [4.69, 9.17) is 19.6 Å². The molecule has 0 radical (unpaired) electrons. The fraction of sp³-hybridized carbons (Fsp3) is 0.182. The Morgan fingerprint density at radius 1 is 1.38 bits per heavy atom. The van der Waals surface area contributed by atoms with Gasteiger partial charge in [0.1, 0.15) is 0 Å². The molecule has 0 saturated heterocycles. The standard InChI is InChI=1S/C11H8ClN3O5S/c1-6-13-10(14-20-6)5-15-8-3-2-7(21(12,17)18)4-9(8)19-11(15)16/h2-4H,5H2,1H3. The van der Waals surface area contributed by atoms with Crippen molar-refractivity contribution in [1.29, 1.82) is 0 Å². The smallest absolute Gasteiger partial charge is 0.408 e. The number of hydrogen-bond donors (Lipinski definition) is 0. The molecule has 21 heavy (non-hydrogen) atoms. The number of fused-ring (bicyclic) bond motifs is 1. The summed E-state index contributed by atoms with van der Waals surface area (Å²) in [5.41, 5.74) is 0.522. The van der Waals surface area contributed by atoms with E-state index in [1.807, 2.05) is 0 Å². The van der Waals surface area contributed by atoms with Gasteiger partial charge in [-0.3, -0.25) is 4.57 Å². The van der Waals surface area contributed by atoms with Crippen LogP contribution in [0.3, 0.4) is 0 Å². The lowest BCUT2D eigenvalue weighted by Crippen LogP contribution is -2.15. The first-order valence-electron chi connectivity index (χ1n) is 5.72. The number of aryl methyl sites for hydroxylation is 1. The van der Waals surface area contributed by atoms with Gasteiger partial charge in [-0.2, -0.15) is 4.98 Å². The molecule has 0 N–H and O–H groups in total. The zero-order valence-electron chi connectivity index (χ0n) is 10.6. The molecule has 0 saturated carbocycles. The highest BCUT2D eigenvalue weighted by atomic mass is 35.7. The maximum atomic E-state index is 11.8. The fourth-order valence-corrected chi connectivity index (χ4v) is 2.66. The van der Waals surface area contributed by atoms with Crippen LogP contribution in [0.2, 0.25) is 0 Å². The molecule has 0 aliphatic carbocycles. The third-order valence-electron chi connectivity index (χ3n) is 2.79. The Balaban J connectivity index is 2.12. The van der Waals surface area contributed by atoms with Gasteiger partial charge >= 0.3 is 5.76 Å². The van der Waals surface area contributed by atoms with E-state index in [9.17, 15) is 13.2 Å². The van der Waals surface area contributed by atoms with Crippen LogP contribution in [0.15, 0.2) is 36.8 Å². The van der Waals surface area contributed by atoms with Crippen LogP contribution in [0.4, 0.5) is 0 Å². The van der Waals surface area contributed by atoms with Crippen molar-refractivity contribution < 1.29 is 17.4 Å². The van der Waals surface area contributed by atoms with Crippen LogP contribution in [0.25, 0.3) is 11.1 Å². The topological polar surface area (TPSA) is 108 Å². The number of nitrogens with zero attached hydrogens (tertiary/aromatic N) is 3. The van der Waals surface area contributed by atoms with Crippen LogP contribution in [-0.2, 0) is 15.6 Å². The van der Waals surface area contributed by atoms with Crippen LogP contribution in [0.1, 0.15) is 11.7 Å². The van der Waals surface area contributed by atoms with Gasteiger partial charge in [-0.05, 0) is 12.1 Å². The van der Waals surface area contributed by atoms with Gasteiger partial charge in [-0.15, -0.1) is 0 Å². The van der Waals surface area contributed by atoms with Crippen LogP contribution < -0.4 is 5.76 Å². The highest BCUT2D eigenvalue weighted by Gasteiger charge is 2.16. The van der Waals surface area contributed by atoms with Gasteiger partial charge in [0.2, 0.25) is 5.89 Å². The molecular formula is C11H8ClN3O5S. The minimum atomic E-state index is -3.89. The third kappa shape index (κ3) is 2.57. The van der Waals surface area contributed by atoms with Gasteiger partial charge in [0.15, 0.2) is 11.4 Å². The van der Waals surface area contributed by atoms with Crippen molar-refractivity contribution in [1.82, 2.24) is 14.7 Å². The fourth-order valence-electron chi connectivity index (χ4n) is 1.90. The van der Waals surface area contributed by atoms with E-state index in [0.717, 1.165) is 0 Å². The van der Waals surface area contributed by atoms with E-state index in [2.05, 4.69) is 10.1 Å². The van der Waals surface area contributed by atoms with Crippen molar-refractivity contribution >= 4 is 30.8 Å². The maximum absolute atomic E-state index is 11.8. The maximum Gasteiger partial charge on any atom is 0.420 e. The Labute approximate surface area is 122 Å². The summed E-state index contributed by atoms with van der Waals surface area (Å²) in [5, 5.41) is 3.69. The van der Waals surface area contributed by atoms with Gasteiger partial charge in [-0.1, -0.05) is 5.16 Å². The summed E-state index contributed by atoms with van der Waals surface area (Å²) >= 11 is 0. The summed E-state index contributed by atoms with van der Waals surface area (Å²) in [4.78, 5) is 15.7. The lowest BCUT2D eigenvalue weighted by atomic mass is 10.3. The quantitative estimate of drug-likeness (QED) is 0.665. The second-order valence-electron chi connectivity index (χ2n) is 4.25. The number of rotatable bonds is 3. The predicted molar refractivity (Wildman–Crippen MR) is 71.6 cm³/mol. The van der Waals surface area contributed by atoms with Gasteiger partial charge in [0.25, 0.3) is 9.05 Å². The highest BCUT2D eigenvalue weighted by Crippen LogP contribution is 2.21. The second-order valence-corrected chi connectivity index (χ2v) is 6.82. The zero-order chi connectivity index (χ0) is 15.2. The Morgan fingerprint density at radius 2 is 2.14 bits per heavy atom. The normalized spacial score (nSPS) is 12.1. The largest absolute Gasteiger partial charge is 0.420 e. The Bertz CT molecular complexity index is 985. The second kappa shape index (κ2) is 4.71. The lowest BCUT2D eigenvalue weighted by Gasteiger charge is -1.98. The first-order valence-corrected chi connectivity index (χ1v) is 8.03. The van der Waals surface area contributed by atoms with E-state index >= 15 is 0 Å². The summed E-state index contributed by atoms with van der Waals surface area (Å²) in [5.74, 6) is 0.0317. The minimum Gasteiger partial charge on any atom is -0.408 e. The molecule has 10 heteroatoms. The summed E-state index contributed by atoms with van der Waals surface area (Å²) in [7, 11) is 1.36. The molecule has 0 atom stereocenters. The van der Waals surface area contributed by atoms with E-state index in [0.29, 0.717) is 17.2 Å². The van der Waals surface area contributed by atoms with Crippen LogP contribution >= 0.6 is 10.7 Å². The summed E-state index contributed by atoms with van der Waals surface area (Å²) in [6.45, 7) is 1.68. The van der Waals surface area contributed by atoms with Crippen LogP contribution in [0.5, 0.6) is 0 Å². The molecule has 0 bridgehead atoms. The molecule has 3 aromatic rings. The highest BCUT2D eigenvalue weighted by molar-refractivity contribution is 8.13. The lowest BCUT2D eigenvalue weighted by molar-refractivity contribution is 0.385. The molecule has 0 aliphatic heterocycles. The SMILES string of the molecule is Cc1nc(Cn2c(=O)oc3cc(S(=O)(=O)Cl)ccc32)no1. The van der Waals surface area contributed by atoms with E-state index in [1.165, 1.54) is 22.8 Å². The molecule has 8 nitrogen and oxygen atoms in total. The Morgan fingerprint density at radius 3 is 2.76 bits per heavy atom. The monoisotopic (exact) mass is 329 g/mol. The van der Waals surface area contributed by atoms with E-state index in [1.54, 1.807) is 6.92 Å². The van der Waals surface area contributed by atoms with Gasteiger partial charge in [-0.25, -0.2) is 13.2 Å². The van der Waals surface area contributed by atoms with Gasteiger partial charge in [0, 0.05) is 23.7 Å². The molecule has 0 amide bonds. The minimum absolute atomic E-state index is 0.0517. The first kappa shape index (κ1) is 13.8. The Hall–Kier alpha value is -2.13. The van der Waals surface area contributed by atoms with Crippen molar-refractivity contribution in [3.63, 3.8) is 0 Å².